The van der Waals surface area contributed by atoms with Gasteiger partial charge < -0.3 is 4.42 Å². The van der Waals surface area contributed by atoms with E-state index in [2.05, 4.69) is 187 Å². The van der Waals surface area contributed by atoms with Crippen molar-refractivity contribution >= 4 is 43.7 Å². The van der Waals surface area contributed by atoms with Crippen LogP contribution in [0.1, 0.15) is 22.3 Å². The SMILES string of the molecule is c1ccc(-c2cccc(-c3nc(-c4ccc5c(c4)oc4ccccc45)nc(-n4c5ccccc5c5cc6c(cc54)C4(c5ccccc5-c5ccccc54)c4ccccc4-6)n3)c2)cc1. The normalized spacial score (nSPS) is 13.2. The molecule has 12 aromatic rings. The summed E-state index contributed by atoms with van der Waals surface area (Å²) in [6, 6.07) is 73.8. The molecule has 3 heterocycles. The fourth-order valence-electron chi connectivity index (χ4n) is 10.8. The van der Waals surface area contributed by atoms with E-state index in [4.69, 9.17) is 19.4 Å². The third-order valence-corrected chi connectivity index (χ3v) is 13.5. The minimum absolute atomic E-state index is 0.496. The zero-order valence-corrected chi connectivity index (χ0v) is 33.8. The second-order valence-corrected chi connectivity index (χ2v) is 16.7. The zero-order chi connectivity index (χ0) is 41.2. The molecular formula is C58H34N4O. The van der Waals surface area contributed by atoms with Crippen LogP contribution >= 0.6 is 0 Å². The molecule has 0 atom stereocenters. The van der Waals surface area contributed by atoms with Crippen LogP contribution in [0.3, 0.4) is 0 Å². The molecule has 5 heteroatoms. The van der Waals surface area contributed by atoms with Gasteiger partial charge in [-0.15, -0.1) is 0 Å². The van der Waals surface area contributed by atoms with Gasteiger partial charge in [0.25, 0.3) is 0 Å². The number of furan rings is 1. The van der Waals surface area contributed by atoms with Gasteiger partial charge in [0.15, 0.2) is 11.6 Å². The highest BCUT2D eigenvalue weighted by Gasteiger charge is 2.51. The summed E-state index contributed by atoms with van der Waals surface area (Å²) in [5.74, 6) is 1.71. The van der Waals surface area contributed by atoms with Crippen molar-refractivity contribution in [3.63, 3.8) is 0 Å². The molecule has 0 N–H and O–H groups in total. The Bertz CT molecular complexity index is 3830. The lowest BCUT2D eigenvalue weighted by Gasteiger charge is -2.30. The van der Waals surface area contributed by atoms with Gasteiger partial charge in [0.2, 0.25) is 5.95 Å². The van der Waals surface area contributed by atoms with Gasteiger partial charge in [-0.05, 0) is 98.1 Å². The topological polar surface area (TPSA) is 56.7 Å². The summed E-state index contributed by atoms with van der Waals surface area (Å²) in [6.45, 7) is 0. The van der Waals surface area contributed by atoms with Crippen molar-refractivity contribution in [1.82, 2.24) is 19.5 Å². The van der Waals surface area contributed by atoms with Crippen molar-refractivity contribution in [2.75, 3.05) is 0 Å². The van der Waals surface area contributed by atoms with Gasteiger partial charge in [0.1, 0.15) is 11.2 Å². The highest BCUT2D eigenvalue weighted by atomic mass is 16.3. The van der Waals surface area contributed by atoms with Crippen LogP contribution in [0.2, 0.25) is 0 Å². The highest BCUT2D eigenvalue weighted by molar-refractivity contribution is 6.12. The van der Waals surface area contributed by atoms with Crippen molar-refractivity contribution in [2.45, 2.75) is 5.41 Å². The summed E-state index contributed by atoms with van der Waals surface area (Å²) < 4.78 is 8.65. The van der Waals surface area contributed by atoms with E-state index in [0.717, 1.165) is 66.0 Å². The van der Waals surface area contributed by atoms with Crippen LogP contribution in [0.25, 0.3) is 106 Å². The lowest BCUT2D eigenvalue weighted by atomic mass is 9.70. The number of fused-ring (bicyclic) bond motifs is 16. The van der Waals surface area contributed by atoms with Crippen molar-refractivity contribution in [3.05, 3.63) is 229 Å². The third-order valence-electron chi connectivity index (χ3n) is 13.5. The summed E-state index contributed by atoms with van der Waals surface area (Å²) in [5.41, 5.74) is 17.5. The fraction of sp³-hybridized carbons (Fsp3) is 0.0172. The first-order valence-electron chi connectivity index (χ1n) is 21.4. The van der Waals surface area contributed by atoms with E-state index in [1.54, 1.807) is 0 Å². The summed E-state index contributed by atoms with van der Waals surface area (Å²) in [7, 11) is 0. The Labute approximate surface area is 362 Å². The number of nitrogens with zero attached hydrogens (tertiary/aromatic N) is 4. The van der Waals surface area contributed by atoms with Crippen LogP contribution in [-0.2, 0) is 5.41 Å². The summed E-state index contributed by atoms with van der Waals surface area (Å²) >= 11 is 0. The lowest BCUT2D eigenvalue weighted by molar-refractivity contribution is 0.669. The minimum Gasteiger partial charge on any atom is -0.456 e. The molecule has 292 valence electrons. The van der Waals surface area contributed by atoms with E-state index in [-0.39, 0.29) is 0 Å². The van der Waals surface area contributed by atoms with Crippen LogP contribution in [0.4, 0.5) is 0 Å². The molecule has 5 nitrogen and oxygen atoms in total. The number of rotatable bonds is 4. The Balaban J connectivity index is 1.06. The maximum atomic E-state index is 6.40. The van der Waals surface area contributed by atoms with E-state index >= 15 is 0 Å². The van der Waals surface area contributed by atoms with E-state index in [1.807, 2.05) is 24.3 Å². The van der Waals surface area contributed by atoms with Crippen molar-refractivity contribution < 1.29 is 4.42 Å². The van der Waals surface area contributed by atoms with Crippen molar-refractivity contribution in [3.8, 4) is 62.1 Å². The standard InChI is InChI=1S/C58H34N4O/c1-2-15-35(16-3-1)36-17-14-18-37(31-36)55-59-56(38-29-30-44-43-23-8-13-28-53(43)63-54(44)32-38)61-57(60-55)62-51-27-12-7-22-42(51)46-33-45-41-21-6-11-26-49(41)58(50(45)34-52(46)62)47-24-9-4-19-39(47)40-20-5-10-25-48(40)58/h1-34H. The zero-order valence-electron chi connectivity index (χ0n) is 33.8. The number of aromatic nitrogens is 4. The molecule has 0 bridgehead atoms. The highest BCUT2D eigenvalue weighted by Crippen LogP contribution is 2.63. The quantitative estimate of drug-likeness (QED) is 0.178. The van der Waals surface area contributed by atoms with Gasteiger partial charge in [0.05, 0.1) is 16.4 Å². The summed E-state index contributed by atoms with van der Waals surface area (Å²) in [6.07, 6.45) is 0. The Morgan fingerprint density at radius 3 is 1.65 bits per heavy atom. The van der Waals surface area contributed by atoms with Crippen LogP contribution in [0.5, 0.6) is 0 Å². The van der Waals surface area contributed by atoms with Crippen molar-refractivity contribution in [2.24, 2.45) is 0 Å². The van der Waals surface area contributed by atoms with Gasteiger partial charge in [-0.2, -0.15) is 9.97 Å². The Hall–Kier alpha value is -8.41. The molecule has 14 rings (SSSR count). The average molecular weight is 803 g/mol. The van der Waals surface area contributed by atoms with Gasteiger partial charge in [0, 0.05) is 32.7 Å². The second-order valence-electron chi connectivity index (χ2n) is 16.7. The maximum Gasteiger partial charge on any atom is 0.238 e. The predicted molar refractivity (Wildman–Crippen MR) is 254 cm³/mol. The molecular weight excluding hydrogens is 769 g/mol. The summed E-state index contributed by atoms with van der Waals surface area (Å²) in [5, 5.41) is 4.42. The number of benzene rings is 9. The lowest BCUT2D eigenvalue weighted by Crippen LogP contribution is -2.25. The molecule has 0 saturated carbocycles. The molecule has 1 spiro atoms. The number of para-hydroxylation sites is 2. The molecule has 0 unspecified atom stereocenters. The molecule has 0 fully saturated rings. The number of hydrogen-bond donors (Lipinski definition) is 0. The Kier molecular flexibility index (Phi) is 6.97. The maximum absolute atomic E-state index is 6.40. The number of hydrogen-bond acceptors (Lipinski definition) is 4. The Morgan fingerprint density at radius 1 is 0.333 bits per heavy atom. The molecule has 2 aliphatic carbocycles. The molecule has 3 aromatic heterocycles. The van der Waals surface area contributed by atoms with Gasteiger partial charge >= 0.3 is 0 Å². The summed E-state index contributed by atoms with van der Waals surface area (Å²) in [4.78, 5) is 16.1. The molecule has 0 saturated heterocycles. The first kappa shape index (κ1) is 34.3. The molecule has 9 aromatic carbocycles. The molecule has 0 radical (unpaired) electrons. The first-order valence-corrected chi connectivity index (χ1v) is 21.4. The van der Waals surface area contributed by atoms with E-state index in [1.165, 1.54) is 44.5 Å². The van der Waals surface area contributed by atoms with Crippen LogP contribution in [-0.4, -0.2) is 19.5 Å². The smallest absolute Gasteiger partial charge is 0.238 e. The first-order chi connectivity index (χ1) is 31.2. The minimum atomic E-state index is -0.496. The average Bonchev–Trinajstić information content (AvgIpc) is 4.07. The van der Waals surface area contributed by atoms with Gasteiger partial charge in [-0.3, -0.25) is 4.57 Å². The van der Waals surface area contributed by atoms with E-state index < -0.39 is 5.41 Å². The van der Waals surface area contributed by atoms with E-state index in [0.29, 0.717) is 17.6 Å². The van der Waals surface area contributed by atoms with E-state index in [9.17, 15) is 0 Å². The third kappa shape index (κ3) is 4.73. The van der Waals surface area contributed by atoms with Crippen LogP contribution in [0, 0.1) is 0 Å². The van der Waals surface area contributed by atoms with Crippen LogP contribution in [0.15, 0.2) is 211 Å². The van der Waals surface area contributed by atoms with Crippen molar-refractivity contribution in [1.29, 1.82) is 0 Å². The predicted octanol–water partition coefficient (Wildman–Crippen LogP) is 14.2. The molecule has 0 aliphatic heterocycles. The van der Waals surface area contributed by atoms with Gasteiger partial charge in [-0.25, -0.2) is 4.98 Å². The van der Waals surface area contributed by atoms with Gasteiger partial charge in [-0.1, -0.05) is 164 Å². The second kappa shape index (κ2) is 12.8. The monoisotopic (exact) mass is 802 g/mol. The Morgan fingerprint density at radius 2 is 0.905 bits per heavy atom. The van der Waals surface area contributed by atoms with Crippen LogP contribution < -0.4 is 0 Å². The molecule has 0 amide bonds. The molecule has 2 aliphatic rings. The fourth-order valence-corrected chi connectivity index (χ4v) is 10.8. The largest absolute Gasteiger partial charge is 0.456 e. The molecule has 63 heavy (non-hydrogen) atoms.